The van der Waals surface area contributed by atoms with Crippen LogP contribution in [0.3, 0.4) is 0 Å². The van der Waals surface area contributed by atoms with Gasteiger partial charge in [0.25, 0.3) is 0 Å². The molecule has 1 unspecified atom stereocenters. The first-order chi connectivity index (χ1) is 33.2. The summed E-state index contributed by atoms with van der Waals surface area (Å²) in [7, 11) is 0. The Balaban J connectivity index is 0.680. The summed E-state index contributed by atoms with van der Waals surface area (Å²) < 4.78 is 44.2. The zero-order valence-corrected chi connectivity index (χ0v) is 39.6. The van der Waals surface area contributed by atoms with Crippen LogP contribution in [-0.2, 0) is 19.9 Å². The third-order valence-electron chi connectivity index (χ3n) is 14.4. The SMILES string of the molecule is Cc1nc(-c2c(-c3nn(C(C)(C)C)c4ncnc(N)c34)noc2C2CC2)ncc1C1CCN(C(=O)OCCN2CCC(N3CCN(c4c(F)cc(NC5CCC(=O)NC5=O)cc4F)CC3)CC2)CC1. The fraction of sp³-hybridized carbons (Fsp3) is 0.562. The van der Waals surface area contributed by atoms with Gasteiger partial charge in [-0.2, -0.15) is 5.10 Å². The number of amides is 3. The maximum atomic E-state index is 15.3. The molecule has 69 heavy (non-hydrogen) atoms. The number of anilines is 3. The van der Waals surface area contributed by atoms with Gasteiger partial charge in [0.15, 0.2) is 28.9 Å². The molecule has 366 valence electrons. The number of nitrogens with two attached hydrogens (primary N) is 1. The maximum Gasteiger partial charge on any atom is 0.409 e. The second kappa shape index (κ2) is 18.9. The second-order valence-electron chi connectivity index (χ2n) is 20.1. The molecule has 10 rings (SSSR count). The standard InChI is InChI=1S/C48H60F2N14O5/c1-27-32(25-52-44(55-27)37-40(59-69-42(37)29-5-6-29)39-38-43(51)53-26-54-45(38)64(58-39)48(2,3)4)28-9-15-63(16-10-28)47(67)68-22-21-60-13-11-31(12-14-60)61-17-19-62(20-18-61)41-33(49)23-30(24-34(41)50)56-35-7-8-36(65)57-46(35)66/h23-26,28-29,31,35,56H,5-22H2,1-4H3,(H2,51,53,54)(H,57,65,66). The number of nitrogens with zero attached hydrogens (tertiary/aromatic N) is 11. The summed E-state index contributed by atoms with van der Waals surface area (Å²) in [4.78, 5) is 63.9. The molecule has 5 aromatic rings. The number of imide groups is 1. The van der Waals surface area contributed by atoms with Gasteiger partial charge < -0.3 is 30.1 Å². The van der Waals surface area contributed by atoms with Crippen LogP contribution in [0.1, 0.15) is 101 Å². The zero-order chi connectivity index (χ0) is 48.1. The molecule has 0 bridgehead atoms. The van der Waals surface area contributed by atoms with Crippen LogP contribution in [0.2, 0.25) is 0 Å². The van der Waals surface area contributed by atoms with Gasteiger partial charge in [0.05, 0.1) is 16.5 Å². The number of piperidine rings is 3. The summed E-state index contributed by atoms with van der Waals surface area (Å²) in [5.74, 6) is -0.245. The monoisotopic (exact) mass is 950 g/mol. The van der Waals surface area contributed by atoms with Gasteiger partial charge in [-0.1, -0.05) is 5.16 Å². The highest BCUT2D eigenvalue weighted by atomic mass is 19.1. The number of ether oxygens (including phenoxy) is 1. The number of nitrogen functional groups attached to an aromatic ring is 1. The molecule has 1 saturated carbocycles. The third-order valence-corrected chi connectivity index (χ3v) is 14.4. The van der Waals surface area contributed by atoms with E-state index in [-0.39, 0.29) is 53.6 Å². The largest absolute Gasteiger partial charge is 0.448 e. The topological polar surface area (TPSA) is 219 Å². The Morgan fingerprint density at radius 1 is 0.913 bits per heavy atom. The second-order valence-corrected chi connectivity index (χ2v) is 20.1. The van der Waals surface area contributed by atoms with E-state index in [9.17, 15) is 14.4 Å². The molecule has 1 aromatic carbocycles. The predicted octanol–water partition coefficient (Wildman–Crippen LogP) is 5.56. The lowest BCUT2D eigenvalue weighted by Crippen LogP contribution is -2.53. The summed E-state index contributed by atoms with van der Waals surface area (Å²) in [6.07, 6.45) is 8.92. The fourth-order valence-electron chi connectivity index (χ4n) is 10.4. The lowest BCUT2D eigenvalue weighted by molar-refractivity contribution is -0.133. The summed E-state index contributed by atoms with van der Waals surface area (Å²) in [6, 6.07) is 2.06. The highest BCUT2D eigenvalue weighted by Crippen LogP contribution is 2.48. The molecule has 21 heteroatoms. The molecule has 5 aliphatic rings. The number of hydrogen-bond donors (Lipinski definition) is 3. The number of nitrogens with one attached hydrogen (secondary N) is 2. The molecule has 4 saturated heterocycles. The first-order valence-corrected chi connectivity index (χ1v) is 24.3. The molecular formula is C48H60F2N14O5. The Kier molecular flexibility index (Phi) is 12.7. The van der Waals surface area contributed by atoms with Crippen molar-refractivity contribution in [3.63, 3.8) is 0 Å². The Bertz CT molecular complexity index is 2720. The van der Waals surface area contributed by atoms with Crippen molar-refractivity contribution in [2.75, 3.05) is 81.5 Å². The molecule has 1 atom stereocenters. The van der Waals surface area contributed by atoms with Crippen molar-refractivity contribution in [2.45, 2.75) is 109 Å². The number of benzene rings is 1. The Morgan fingerprint density at radius 2 is 1.64 bits per heavy atom. The normalized spacial score (nSPS) is 20.5. The van der Waals surface area contributed by atoms with E-state index in [2.05, 4.69) is 56.3 Å². The van der Waals surface area contributed by atoms with E-state index in [0.717, 1.165) is 68.6 Å². The summed E-state index contributed by atoms with van der Waals surface area (Å²) in [5.41, 5.74) is 10.5. The van der Waals surface area contributed by atoms with Gasteiger partial charge in [-0.25, -0.2) is 38.2 Å². The van der Waals surface area contributed by atoms with Crippen LogP contribution in [0, 0.1) is 18.6 Å². The lowest BCUT2D eigenvalue weighted by atomic mass is 9.89. The van der Waals surface area contributed by atoms with Gasteiger partial charge in [-0.3, -0.25) is 24.7 Å². The van der Waals surface area contributed by atoms with E-state index < -0.39 is 23.6 Å². The summed E-state index contributed by atoms with van der Waals surface area (Å²) in [6.45, 7) is 14.4. The molecule has 8 heterocycles. The van der Waals surface area contributed by atoms with E-state index in [1.165, 1.54) is 18.5 Å². The van der Waals surface area contributed by atoms with Crippen molar-refractivity contribution < 1.29 is 32.4 Å². The minimum Gasteiger partial charge on any atom is -0.448 e. The molecule has 0 radical (unpaired) electrons. The Hall–Kier alpha value is -6.35. The van der Waals surface area contributed by atoms with Gasteiger partial charge in [-0.05, 0) is 109 Å². The average molecular weight is 951 g/mol. The lowest BCUT2D eigenvalue weighted by Gasteiger charge is -2.43. The van der Waals surface area contributed by atoms with Gasteiger partial charge in [0, 0.05) is 81.8 Å². The predicted molar refractivity (Wildman–Crippen MR) is 252 cm³/mol. The smallest absolute Gasteiger partial charge is 0.409 e. The van der Waals surface area contributed by atoms with Crippen LogP contribution < -0.4 is 21.3 Å². The number of hydrogen-bond acceptors (Lipinski definition) is 16. The van der Waals surface area contributed by atoms with Crippen molar-refractivity contribution in [3.8, 4) is 22.8 Å². The van der Waals surface area contributed by atoms with Crippen LogP contribution in [0.15, 0.2) is 29.2 Å². The maximum absolute atomic E-state index is 15.3. The van der Waals surface area contributed by atoms with Crippen molar-refractivity contribution in [3.05, 3.63) is 53.3 Å². The first-order valence-electron chi connectivity index (χ1n) is 24.3. The molecule has 5 fully saturated rings. The number of carbonyl (C=O) groups is 3. The molecule has 19 nitrogen and oxygen atoms in total. The molecule has 3 amide bonds. The van der Waals surface area contributed by atoms with E-state index >= 15 is 8.78 Å². The van der Waals surface area contributed by atoms with Gasteiger partial charge >= 0.3 is 6.09 Å². The summed E-state index contributed by atoms with van der Waals surface area (Å²) in [5, 5.41) is 15.2. The quantitative estimate of drug-likeness (QED) is 0.138. The van der Waals surface area contributed by atoms with Crippen molar-refractivity contribution in [1.29, 1.82) is 0 Å². The van der Waals surface area contributed by atoms with Gasteiger partial charge in [0.2, 0.25) is 11.8 Å². The number of aromatic nitrogens is 7. The minimum absolute atomic E-state index is 0.0623. The van der Waals surface area contributed by atoms with Gasteiger partial charge in [-0.15, -0.1) is 0 Å². The van der Waals surface area contributed by atoms with Crippen LogP contribution in [-0.4, -0.2) is 145 Å². The zero-order valence-electron chi connectivity index (χ0n) is 39.6. The molecule has 0 spiro atoms. The van der Waals surface area contributed by atoms with Crippen molar-refractivity contribution in [2.24, 2.45) is 0 Å². The number of halogens is 2. The van der Waals surface area contributed by atoms with Crippen molar-refractivity contribution in [1.82, 2.24) is 54.9 Å². The first kappa shape index (κ1) is 46.4. The number of fused-ring (bicyclic) bond motifs is 1. The molecule has 4 N–H and O–H groups in total. The third kappa shape index (κ3) is 9.54. The van der Waals surface area contributed by atoms with E-state index in [1.54, 1.807) is 9.80 Å². The number of likely N-dealkylation sites (tertiary alicyclic amines) is 2. The van der Waals surface area contributed by atoms with Crippen LogP contribution >= 0.6 is 0 Å². The average Bonchev–Trinajstić information content (AvgIpc) is 3.94. The van der Waals surface area contributed by atoms with Gasteiger partial charge in [0.1, 0.15) is 41.9 Å². The number of rotatable bonds is 11. The Morgan fingerprint density at radius 3 is 2.30 bits per heavy atom. The van der Waals surface area contributed by atoms with Crippen molar-refractivity contribution >= 4 is 46.1 Å². The van der Waals surface area contributed by atoms with Crippen LogP contribution in [0.4, 0.5) is 30.8 Å². The highest BCUT2D eigenvalue weighted by Gasteiger charge is 2.38. The number of piperazine rings is 1. The van der Waals surface area contributed by atoms with E-state index in [4.69, 9.17) is 30.1 Å². The number of aryl methyl sites for hydroxylation is 1. The van der Waals surface area contributed by atoms with Crippen LogP contribution in [0.5, 0.6) is 0 Å². The fourth-order valence-corrected chi connectivity index (χ4v) is 10.4. The highest BCUT2D eigenvalue weighted by molar-refractivity contribution is 6.02. The number of carbonyl (C=O) groups excluding carboxylic acids is 3. The minimum atomic E-state index is -0.729. The summed E-state index contributed by atoms with van der Waals surface area (Å²) >= 11 is 0. The van der Waals surface area contributed by atoms with E-state index in [0.29, 0.717) is 98.1 Å². The molecule has 1 aliphatic carbocycles. The van der Waals surface area contributed by atoms with E-state index in [1.807, 2.05) is 17.8 Å². The molecule has 4 aliphatic heterocycles. The molecule has 4 aromatic heterocycles. The van der Waals surface area contributed by atoms with Crippen LogP contribution in [0.25, 0.3) is 33.8 Å². The Labute approximate surface area is 398 Å². The molecular weight excluding hydrogens is 891 g/mol.